The van der Waals surface area contributed by atoms with E-state index in [0.717, 1.165) is 12.1 Å². The van der Waals surface area contributed by atoms with Crippen LogP contribution in [0.25, 0.3) is 72.6 Å². The minimum absolute atomic E-state index is 0.426. The van der Waals surface area contributed by atoms with E-state index >= 15 is 0 Å². The van der Waals surface area contributed by atoms with Gasteiger partial charge in [0.25, 0.3) is 0 Å². The summed E-state index contributed by atoms with van der Waals surface area (Å²) in [6.45, 7) is 0. The summed E-state index contributed by atoms with van der Waals surface area (Å²) in [7, 11) is 0. The van der Waals surface area contributed by atoms with Crippen LogP contribution in [0.5, 0.6) is 0 Å². The van der Waals surface area contributed by atoms with Crippen molar-refractivity contribution in [1.29, 1.82) is 0 Å². The molecule has 0 saturated heterocycles. The standard InChI is InChI=1S/C51H31N4/c1-4-12-41-35(8-1)36-9-2-5-13-42(36)51(41)43-24-25-47-50(49(43)38-26-27-52-29-44(38)51)39-10-3-6-14-46(39)54(47)33-20-16-31(17-21-33)32-18-22-34(23-19-32)55-45-15-7-11-37(45)40-28-53-30-48(40)55/h1-14,16-30H,15H2/q+1. The van der Waals surface area contributed by atoms with Crippen LogP contribution in [0.2, 0.25) is 0 Å². The molecule has 13 rings (SSSR count). The molecule has 4 aliphatic rings. The molecule has 3 aromatic heterocycles. The molecule has 4 heteroatoms. The fourth-order valence-electron chi connectivity index (χ4n) is 10.5. The lowest BCUT2D eigenvalue weighted by atomic mass is 9.71. The van der Waals surface area contributed by atoms with Crippen molar-refractivity contribution in [2.45, 2.75) is 11.8 Å². The van der Waals surface area contributed by atoms with Crippen LogP contribution in [0.15, 0.2) is 158 Å². The van der Waals surface area contributed by atoms with Crippen LogP contribution in [0, 0.1) is 0 Å². The molecule has 0 saturated carbocycles. The number of benzene rings is 6. The Kier molecular flexibility index (Phi) is 5.55. The summed E-state index contributed by atoms with van der Waals surface area (Å²) in [5.74, 6) is 0. The van der Waals surface area contributed by atoms with E-state index in [0.29, 0.717) is 0 Å². The van der Waals surface area contributed by atoms with Crippen molar-refractivity contribution in [3.8, 4) is 44.8 Å². The lowest BCUT2D eigenvalue weighted by Gasteiger charge is -2.30. The Balaban J connectivity index is 0.965. The summed E-state index contributed by atoms with van der Waals surface area (Å²) < 4.78 is 9.27. The van der Waals surface area contributed by atoms with Gasteiger partial charge in [-0.2, -0.15) is 0 Å². The Hall–Kier alpha value is -7.26. The van der Waals surface area contributed by atoms with Crippen molar-refractivity contribution in [3.63, 3.8) is 0 Å². The normalized spacial score (nSPS) is 14.5. The van der Waals surface area contributed by atoms with Gasteiger partial charge >= 0.3 is 12.4 Å². The SMILES string of the molecule is C1=Cc2c3c(n(-c4ccc(-c5ccc(-n6c7ccccc7c7c8c(ccc76)C6(c7ccccc7-c7ccccc76)c6cnccc6-8)cc5)cc4)c2C1)C=[N+]=C3. The van der Waals surface area contributed by atoms with Crippen LogP contribution in [-0.4, -0.2) is 26.5 Å². The fraction of sp³-hybridized carbons (Fsp3) is 0.0392. The minimum Gasteiger partial charge on any atom is -0.309 e. The third kappa shape index (κ3) is 3.58. The molecule has 0 N–H and O–H groups in total. The number of pyridine rings is 1. The van der Waals surface area contributed by atoms with Crippen LogP contribution in [0.1, 0.15) is 44.8 Å². The molecule has 55 heavy (non-hydrogen) atoms. The van der Waals surface area contributed by atoms with Gasteiger partial charge in [0, 0.05) is 52.2 Å². The zero-order valence-corrected chi connectivity index (χ0v) is 29.7. The number of allylic oxidation sites excluding steroid dienone is 1. The van der Waals surface area contributed by atoms with Gasteiger partial charge in [0.2, 0.25) is 0 Å². The van der Waals surface area contributed by atoms with E-state index in [1.165, 1.54) is 106 Å². The number of nitrogens with zero attached hydrogens (tertiary/aromatic N) is 4. The molecule has 0 amide bonds. The number of fused-ring (bicyclic) bond motifs is 17. The highest BCUT2D eigenvalue weighted by Gasteiger charge is 2.52. The Morgan fingerprint density at radius 2 is 1.24 bits per heavy atom. The van der Waals surface area contributed by atoms with Gasteiger partial charge in [-0.3, -0.25) is 4.98 Å². The van der Waals surface area contributed by atoms with Gasteiger partial charge in [-0.25, -0.2) is 0 Å². The van der Waals surface area contributed by atoms with E-state index in [2.05, 4.69) is 172 Å². The number of rotatable bonds is 3. The van der Waals surface area contributed by atoms with Gasteiger partial charge in [0.15, 0.2) is 0 Å². The van der Waals surface area contributed by atoms with Crippen molar-refractivity contribution in [2.75, 3.05) is 0 Å². The predicted molar refractivity (Wildman–Crippen MR) is 225 cm³/mol. The number of aromatic nitrogens is 3. The van der Waals surface area contributed by atoms with Gasteiger partial charge in [-0.15, -0.1) is 0 Å². The molecule has 9 aromatic rings. The first-order valence-corrected chi connectivity index (χ1v) is 19.0. The molecule has 6 aromatic carbocycles. The summed E-state index contributed by atoms with van der Waals surface area (Å²) in [5.41, 5.74) is 22.2. The smallest absolute Gasteiger partial charge is 0.309 e. The quantitative estimate of drug-likeness (QED) is 0.169. The lowest BCUT2D eigenvalue weighted by Crippen LogP contribution is -2.25. The maximum Gasteiger partial charge on any atom is 0.317 e. The van der Waals surface area contributed by atoms with Crippen molar-refractivity contribution in [2.24, 2.45) is 0 Å². The largest absolute Gasteiger partial charge is 0.317 e. The van der Waals surface area contributed by atoms with Crippen molar-refractivity contribution < 1.29 is 0 Å². The first kappa shape index (κ1) is 29.2. The predicted octanol–water partition coefficient (Wildman–Crippen LogP) is 10.5. The van der Waals surface area contributed by atoms with E-state index in [4.69, 9.17) is 4.98 Å². The van der Waals surface area contributed by atoms with E-state index in [-0.39, 0.29) is 0 Å². The van der Waals surface area contributed by atoms with E-state index < -0.39 is 5.41 Å². The van der Waals surface area contributed by atoms with Gasteiger partial charge < -0.3 is 9.13 Å². The molecule has 0 radical (unpaired) electrons. The van der Waals surface area contributed by atoms with Gasteiger partial charge in [-0.05, 0) is 98.1 Å². The van der Waals surface area contributed by atoms with Crippen LogP contribution in [-0.2, 0) is 11.8 Å². The molecule has 4 heterocycles. The molecular formula is C51H31N4+. The number of para-hydroxylation sites is 1. The van der Waals surface area contributed by atoms with Crippen molar-refractivity contribution in [3.05, 3.63) is 203 Å². The molecule has 3 aliphatic carbocycles. The summed E-state index contributed by atoms with van der Waals surface area (Å²) in [5, 5.41) is 2.55. The Bertz CT molecular complexity index is 3210. The van der Waals surface area contributed by atoms with Crippen LogP contribution in [0.3, 0.4) is 0 Å². The summed E-state index contributed by atoms with van der Waals surface area (Å²) in [4.78, 5) is 4.76. The highest BCUT2D eigenvalue weighted by Crippen LogP contribution is 2.64. The third-order valence-corrected chi connectivity index (χ3v) is 12.7. The average molecular weight is 700 g/mol. The Morgan fingerprint density at radius 3 is 2.00 bits per heavy atom. The summed E-state index contributed by atoms with van der Waals surface area (Å²) in [6, 6.07) is 51.8. The Labute approximate surface area is 317 Å². The van der Waals surface area contributed by atoms with Crippen molar-refractivity contribution >= 4 is 40.3 Å². The summed E-state index contributed by atoms with van der Waals surface area (Å²) in [6.07, 6.45) is 13.5. The second-order valence-electron chi connectivity index (χ2n) is 15.1. The molecule has 1 aliphatic heterocycles. The second kappa shape index (κ2) is 10.4. The van der Waals surface area contributed by atoms with Gasteiger partial charge in [0.05, 0.1) is 22.0 Å². The highest BCUT2D eigenvalue weighted by atomic mass is 15.0. The first-order chi connectivity index (χ1) is 27.3. The zero-order chi connectivity index (χ0) is 35.8. The van der Waals surface area contributed by atoms with E-state index in [1.54, 1.807) is 0 Å². The van der Waals surface area contributed by atoms with Crippen LogP contribution >= 0.6 is 0 Å². The molecule has 0 atom stereocenters. The first-order valence-electron chi connectivity index (χ1n) is 19.0. The van der Waals surface area contributed by atoms with Gasteiger partial charge in [0.1, 0.15) is 5.69 Å². The molecule has 254 valence electrons. The van der Waals surface area contributed by atoms with Crippen LogP contribution in [0.4, 0.5) is 0 Å². The number of hydrogen-bond acceptors (Lipinski definition) is 1. The zero-order valence-electron chi connectivity index (χ0n) is 29.7. The monoisotopic (exact) mass is 699 g/mol. The molecular weight excluding hydrogens is 669 g/mol. The third-order valence-electron chi connectivity index (χ3n) is 12.7. The van der Waals surface area contributed by atoms with E-state index in [9.17, 15) is 0 Å². The van der Waals surface area contributed by atoms with Gasteiger partial charge in [-0.1, -0.05) is 114 Å². The molecule has 0 bridgehead atoms. The molecule has 4 nitrogen and oxygen atoms in total. The average Bonchev–Trinajstić information content (AvgIpc) is 4.09. The minimum atomic E-state index is -0.426. The topological polar surface area (TPSA) is 36.9 Å². The lowest BCUT2D eigenvalue weighted by molar-refractivity contribution is 0.789. The Morgan fingerprint density at radius 1 is 0.545 bits per heavy atom. The highest BCUT2D eigenvalue weighted by molar-refractivity contribution is 6.19. The van der Waals surface area contributed by atoms with Crippen LogP contribution < -0.4 is 4.67 Å². The summed E-state index contributed by atoms with van der Waals surface area (Å²) >= 11 is 0. The number of hydrogen-bond donors (Lipinski definition) is 0. The van der Waals surface area contributed by atoms with E-state index in [1.807, 2.05) is 18.6 Å². The molecule has 0 unspecified atom stereocenters. The second-order valence-corrected chi connectivity index (χ2v) is 15.1. The maximum absolute atomic E-state index is 4.76. The fourth-order valence-corrected chi connectivity index (χ4v) is 10.5. The van der Waals surface area contributed by atoms with Crippen molar-refractivity contribution in [1.82, 2.24) is 18.8 Å². The maximum atomic E-state index is 4.76. The molecule has 0 fully saturated rings. The molecule has 1 spiro atoms.